The monoisotopic (exact) mass is 342 g/mol. The fraction of sp³-hybridized carbons (Fsp3) is 0.263. The predicted molar refractivity (Wildman–Crippen MR) is 92.2 cm³/mol. The van der Waals surface area contributed by atoms with Crippen LogP contribution < -0.4 is 15.0 Å². The maximum Gasteiger partial charge on any atom is 0.257 e. The molecule has 2 amide bonds. The molecule has 5 nitrogen and oxygen atoms in total. The van der Waals surface area contributed by atoms with E-state index in [1.54, 1.807) is 18.0 Å². The van der Waals surface area contributed by atoms with Gasteiger partial charge in [0.25, 0.3) is 5.91 Å². The van der Waals surface area contributed by atoms with Crippen LogP contribution in [0.15, 0.2) is 42.5 Å². The molecule has 0 unspecified atom stereocenters. The minimum Gasteiger partial charge on any atom is -0.484 e. The first-order valence-corrected chi connectivity index (χ1v) is 8.06. The van der Waals surface area contributed by atoms with Crippen molar-refractivity contribution in [1.29, 1.82) is 0 Å². The number of anilines is 1. The number of carbonyl (C=O) groups excluding carboxylic acids is 2. The molecule has 0 saturated carbocycles. The summed E-state index contributed by atoms with van der Waals surface area (Å²) < 4.78 is 18.3. The van der Waals surface area contributed by atoms with Gasteiger partial charge in [-0.2, -0.15) is 0 Å². The Kier molecular flexibility index (Phi) is 4.97. The van der Waals surface area contributed by atoms with Crippen molar-refractivity contribution >= 4 is 17.5 Å². The molecule has 1 N–H and O–H groups in total. The van der Waals surface area contributed by atoms with Crippen LogP contribution in [-0.2, 0) is 22.4 Å². The number of halogens is 1. The summed E-state index contributed by atoms with van der Waals surface area (Å²) in [6.45, 7) is 0.306. The van der Waals surface area contributed by atoms with E-state index in [0.29, 0.717) is 25.1 Å². The molecule has 2 aromatic carbocycles. The van der Waals surface area contributed by atoms with E-state index in [1.165, 1.54) is 18.2 Å². The van der Waals surface area contributed by atoms with Crippen LogP contribution in [0.5, 0.6) is 5.75 Å². The Morgan fingerprint density at radius 1 is 1.28 bits per heavy atom. The summed E-state index contributed by atoms with van der Waals surface area (Å²) in [6, 6.07) is 11.6. The van der Waals surface area contributed by atoms with Gasteiger partial charge in [0.1, 0.15) is 11.6 Å². The smallest absolute Gasteiger partial charge is 0.257 e. The van der Waals surface area contributed by atoms with E-state index in [-0.39, 0.29) is 18.4 Å². The van der Waals surface area contributed by atoms with Gasteiger partial charge >= 0.3 is 0 Å². The number of nitrogens with one attached hydrogen (secondary N) is 1. The second-order valence-electron chi connectivity index (χ2n) is 5.94. The van der Waals surface area contributed by atoms with Gasteiger partial charge in [-0.1, -0.05) is 18.2 Å². The van der Waals surface area contributed by atoms with Crippen LogP contribution in [0, 0.1) is 5.82 Å². The van der Waals surface area contributed by atoms with Crippen molar-refractivity contribution in [3.63, 3.8) is 0 Å². The van der Waals surface area contributed by atoms with Crippen LogP contribution >= 0.6 is 0 Å². The molecule has 25 heavy (non-hydrogen) atoms. The fourth-order valence-corrected chi connectivity index (χ4v) is 2.78. The summed E-state index contributed by atoms with van der Waals surface area (Å²) in [4.78, 5) is 25.1. The molecule has 0 bridgehead atoms. The topological polar surface area (TPSA) is 58.6 Å². The molecule has 0 atom stereocenters. The Morgan fingerprint density at radius 2 is 2.12 bits per heavy atom. The predicted octanol–water partition coefficient (Wildman–Crippen LogP) is 2.08. The highest BCUT2D eigenvalue weighted by Gasteiger charge is 2.23. The van der Waals surface area contributed by atoms with Crippen molar-refractivity contribution in [1.82, 2.24) is 5.32 Å². The molecule has 0 radical (unpaired) electrons. The number of nitrogens with zero attached hydrogens (tertiary/aromatic N) is 1. The van der Waals surface area contributed by atoms with E-state index in [2.05, 4.69) is 5.32 Å². The van der Waals surface area contributed by atoms with Crippen LogP contribution in [0.25, 0.3) is 0 Å². The third-order valence-corrected chi connectivity index (χ3v) is 4.12. The van der Waals surface area contributed by atoms with Crippen molar-refractivity contribution in [2.75, 3.05) is 25.1 Å². The van der Waals surface area contributed by atoms with E-state index < -0.39 is 5.82 Å². The number of rotatable bonds is 6. The Bertz CT molecular complexity index is 807. The molecule has 1 heterocycles. The zero-order valence-electron chi connectivity index (χ0n) is 13.9. The zero-order chi connectivity index (χ0) is 17.8. The molecule has 0 saturated heterocycles. The largest absolute Gasteiger partial charge is 0.484 e. The highest BCUT2D eigenvalue weighted by Crippen LogP contribution is 2.28. The minimum absolute atomic E-state index is 0.0925. The molecule has 1 aliphatic heterocycles. The van der Waals surface area contributed by atoms with Gasteiger partial charge in [-0.3, -0.25) is 9.59 Å². The second kappa shape index (κ2) is 7.34. The van der Waals surface area contributed by atoms with E-state index in [9.17, 15) is 14.0 Å². The maximum atomic E-state index is 13.0. The SMILES string of the molecule is CN1C(=O)Cc2cc(CCNC(=O)COc3cccc(F)c3)ccc21. The summed E-state index contributed by atoms with van der Waals surface area (Å²) in [5.74, 6) is -0.253. The van der Waals surface area contributed by atoms with Gasteiger partial charge in [-0.05, 0) is 35.7 Å². The van der Waals surface area contributed by atoms with Gasteiger partial charge < -0.3 is 15.0 Å². The number of hydrogen-bond acceptors (Lipinski definition) is 3. The van der Waals surface area contributed by atoms with Gasteiger partial charge in [0.15, 0.2) is 6.61 Å². The third kappa shape index (κ3) is 4.15. The van der Waals surface area contributed by atoms with Crippen LogP contribution in [0.3, 0.4) is 0 Å². The standard InChI is InChI=1S/C19H19FN2O3/c1-22-17-6-5-13(9-14(17)10-19(22)24)7-8-21-18(23)12-25-16-4-2-3-15(20)11-16/h2-6,9,11H,7-8,10,12H2,1H3,(H,21,23). The van der Waals surface area contributed by atoms with Crippen LogP contribution in [0.1, 0.15) is 11.1 Å². The quantitative estimate of drug-likeness (QED) is 0.874. The van der Waals surface area contributed by atoms with Crippen molar-refractivity contribution in [3.8, 4) is 5.75 Å². The second-order valence-corrected chi connectivity index (χ2v) is 5.94. The molecule has 3 rings (SSSR count). The molecule has 0 fully saturated rings. The lowest BCUT2D eigenvalue weighted by molar-refractivity contribution is -0.123. The molecule has 2 aromatic rings. The van der Waals surface area contributed by atoms with Crippen molar-refractivity contribution < 1.29 is 18.7 Å². The van der Waals surface area contributed by atoms with Crippen molar-refractivity contribution in [2.24, 2.45) is 0 Å². The third-order valence-electron chi connectivity index (χ3n) is 4.12. The number of likely N-dealkylation sites (N-methyl/N-ethyl adjacent to an activating group) is 1. The zero-order valence-corrected chi connectivity index (χ0v) is 13.9. The Morgan fingerprint density at radius 3 is 2.92 bits per heavy atom. The molecule has 1 aliphatic rings. The summed E-state index contributed by atoms with van der Waals surface area (Å²) in [5.41, 5.74) is 3.03. The van der Waals surface area contributed by atoms with E-state index in [1.807, 2.05) is 18.2 Å². The Labute approximate surface area is 145 Å². The van der Waals surface area contributed by atoms with Gasteiger partial charge in [0, 0.05) is 25.3 Å². The highest BCUT2D eigenvalue weighted by atomic mass is 19.1. The summed E-state index contributed by atoms with van der Waals surface area (Å²) in [5, 5.41) is 2.77. The highest BCUT2D eigenvalue weighted by molar-refractivity contribution is 6.00. The number of amides is 2. The summed E-state index contributed by atoms with van der Waals surface area (Å²) >= 11 is 0. The minimum atomic E-state index is -0.404. The molecule has 6 heteroatoms. The number of hydrogen-bond donors (Lipinski definition) is 1. The number of carbonyl (C=O) groups is 2. The summed E-state index contributed by atoms with van der Waals surface area (Å²) in [6.07, 6.45) is 1.09. The van der Waals surface area contributed by atoms with Gasteiger partial charge in [-0.25, -0.2) is 4.39 Å². The van der Waals surface area contributed by atoms with E-state index in [4.69, 9.17) is 4.74 Å². The van der Waals surface area contributed by atoms with Gasteiger partial charge in [-0.15, -0.1) is 0 Å². The lowest BCUT2D eigenvalue weighted by Crippen LogP contribution is -2.30. The number of benzene rings is 2. The maximum absolute atomic E-state index is 13.0. The van der Waals surface area contributed by atoms with Crippen LogP contribution in [0.2, 0.25) is 0 Å². The molecule has 130 valence electrons. The Balaban J connectivity index is 1.44. The first-order chi connectivity index (χ1) is 12.0. The first kappa shape index (κ1) is 17.0. The number of ether oxygens (including phenoxy) is 1. The van der Waals surface area contributed by atoms with E-state index >= 15 is 0 Å². The van der Waals surface area contributed by atoms with Crippen molar-refractivity contribution in [2.45, 2.75) is 12.8 Å². The lowest BCUT2D eigenvalue weighted by Gasteiger charge is -2.11. The van der Waals surface area contributed by atoms with Crippen LogP contribution in [-0.4, -0.2) is 32.0 Å². The molecule has 0 aliphatic carbocycles. The van der Waals surface area contributed by atoms with Gasteiger partial charge in [0.2, 0.25) is 5.91 Å². The van der Waals surface area contributed by atoms with E-state index in [0.717, 1.165) is 16.8 Å². The average molecular weight is 342 g/mol. The lowest BCUT2D eigenvalue weighted by atomic mass is 10.1. The first-order valence-electron chi connectivity index (χ1n) is 8.06. The van der Waals surface area contributed by atoms with Crippen molar-refractivity contribution in [3.05, 3.63) is 59.4 Å². The average Bonchev–Trinajstić information content (AvgIpc) is 2.87. The van der Waals surface area contributed by atoms with Gasteiger partial charge in [0.05, 0.1) is 6.42 Å². The fourth-order valence-electron chi connectivity index (χ4n) is 2.78. The number of fused-ring (bicyclic) bond motifs is 1. The molecule has 0 spiro atoms. The Hall–Kier alpha value is -2.89. The summed E-state index contributed by atoms with van der Waals surface area (Å²) in [7, 11) is 1.77. The van der Waals surface area contributed by atoms with Crippen LogP contribution in [0.4, 0.5) is 10.1 Å². The normalized spacial score (nSPS) is 12.9. The molecule has 0 aromatic heterocycles. The molecular formula is C19H19FN2O3. The molecular weight excluding hydrogens is 323 g/mol.